The summed E-state index contributed by atoms with van der Waals surface area (Å²) in [6, 6.07) is 13.9. The van der Waals surface area contributed by atoms with Crippen molar-refractivity contribution >= 4 is 42.6 Å². The van der Waals surface area contributed by atoms with E-state index in [9.17, 15) is 19.5 Å². The van der Waals surface area contributed by atoms with Crippen LogP contribution < -0.4 is 26.1 Å². The number of rotatable bonds is 11. The summed E-state index contributed by atoms with van der Waals surface area (Å²) in [6.07, 6.45) is 0.635. The molecular formula is C23H27ClN6O6. The number of hydrogen-bond acceptors (Lipinski definition) is 9. The molecule has 0 saturated heterocycles. The van der Waals surface area contributed by atoms with Crippen molar-refractivity contribution < 1.29 is 29.0 Å². The molecule has 2 amide bonds. The van der Waals surface area contributed by atoms with Crippen LogP contribution in [0.15, 0.2) is 64.7 Å². The van der Waals surface area contributed by atoms with Crippen molar-refractivity contribution in [2.45, 2.75) is 12.6 Å². The second kappa shape index (κ2) is 14.8. The zero-order chi connectivity index (χ0) is 24.9. The standard InChI is InChI=1S/C23H26N6O6.ClH/c30-20(17-6-8-18(9-7-17)34-13-12-27-29-22-24-10-11-25-22)26-14-19(21(31)32)28-23(33)35-15-16-4-2-1-3-5-16;/h1-9,12,19H,10-11,13-15H2,(H,26,30)(H,28,33)(H,31,32)(H2,24,25,29);1H/b27-12+;/t19-;/m0./s1. The Balaban J connectivity index is 0.00000456. The Kier molecular flexibility index (Phi) is 11.5. The summed E-state index contributed by atoms with van der Waals surface area (Å²) < 4.78 is 10.5. The highest BCUT2D eigenvalue weighted by Crippen LogP contribution is 2.12. The second-order valence-corrected chi connectivity index (χ2v) is 7.22. The number of aliphatic imine (C=N–C) groups is 1. The quantitative estimate of drug-likeness (QED) is 0.218. The molecule has 192 valence electrons. The van der Waals surface area contributed by atoms with Gasteiger partial charge in [0, 0.05) is 18.7 Å². The van der Waals surface area contributed by atoms with Crippen LogP contribution in [0.25, 0.3) is 0 Å². The van der Waals surface area contributed by atoms with Gasteiger partial charge in [-0.05, 0) is 29.8 Å². The third-order valence-corrected chi connectivity index (χ3v) is 4.65. The molecule has 0 aliphatic carbocycles. The maximum Gasteiger partial charge on any atom is 0.408 e. The van der Waals surface area contributed by atoms with Crippen LogP contribution in [-0.2, 0) is 16.1 Å². The molecule has 1 atom stereocenters. The Labute approximate surface area is 213 Å². The molecule has 1 aliphatic rings. The zero-order valence-electron chi connectivity index (χ0n) is 19.2. The molecule has 13 heteroatoms. The fourth-order valence-electron chi connectivity index (χ4n) is 2.86. The highest BCUT2D eigenvalue weighted by molar-refractivity contribution is 5.94. The molecule has 0 fully saturated rings. The van der Waals surface area contributed by atoms with Gasteiger partial charge >= 0.3 is 12.1 Å². The van der Waals surface area contributed by atoms with E-state index in [1.807, 2.05) is 6.07 Å². The van der Waals surface area contributed by atoms with Gasteiger partial charge in [0.15, 0.2) is 0 Å². The third-order valence-electron chi connectivity index (χ3n) is 4.65. The number of halogens is 1. The van der Waals surface area contributed by atoms with Gasteiger partial charge in [0.2, 0.25) is 5.96 Å². The lowest BCUT2D eigenvalue weighted by atomic mass is 10.2. The first kappa shape index (κ1) is 27.9. The smallest absolute Gasteiger partial charge is 0.408 e. The molecule has 2 aromatic carbocycles. The average Bonchev–Trinajstić information content (AvgIpc) is 3.39. The van der Waals surface area contributed by atoms with Crippen LogP contribution in [0, 0.1) is 0 Å². The number of nitrogens with zero attached hydrogens (tertiary/aromatic N) is 2. The highest BCUT2D eigenvalue weighted by Gasteiger charge is 2.22. The lowest BCUT2D eigenvalue weighted by molar-refractivity contribution is -0.139. The number of hydrogen-bond donors (Lipinski definition) is 5. The Morgan fingerprint density at radius 2 is 1.89 bits per heavy atom. The summed E-state index contributed by atoms with van der Waals surface area (Å²) in [5.74, 6) is -0.674. The van der Waals surface area contributed by atoms with Gasteiger partial charge in [-0.15, -0.1) is 12.4 Å². The number of carbonyl (C=O) groups is 3. The van der Waals surface area contributed by atoms with Crippen molar-refractivity contribution in [2.24, 2.45) is 10.1 Å². The molecule has 0 bridgehead atoms. The minimum atomic E-state index is -1.36. The third kappa shape index (κ3) is 9.50. The zero-order valence-corrected chi connectivity index (χ0v) is 20.0. The van der Waals surface area contributed by atoms with Gasteiger partial charge in [-0.25, -0.2) is 20.0 Å². The van der Waals surface area contributed by atoms with E-state index in [-0.39, 0.29) is 32.2 Å². The van der Waals surface area contributed by atoms with E-state index in [4.69, 9.17) is 9.47 Å². The van der Waals surface area contributed by atoms with Gasteiger partial charge < -0.3 is 30.5 Å². The Hall–Kier alpha value is -4.32. The predicted molar refractivity (Wildman–Crippen MR) is 135 cm³/mol. The number of benzene rings is 2. The second-order valence-electron chi connectivity index (χ2n) is 7.22. The molecule has 0 saturated carbocycles. The van der Waals surface area contributed by atoms with Crippen molar-refractivity contribution in [2.75, 3.05) is 26.2 Å². The summed E-state index contributed by atoms with van der Waals surface area (Å²) in [7, 11) is 0. The maximum atomic E-state index is 12.4. The van der Waals surface area contributed by atoms with Crippen LogP contribution >= 0.6 is 12.4 Å². The SMILES string of the molecule is Cl.O=C(N[C@@H](CNC(=O)c1ccc(OC/C=N/NC2=NCCN2)cc1)C(=O)O)OCc1ccccc1. The van der Waals surface area contributed by atoms with Gasteiger partial charge in [0.05, 0.1) is 12.8 Å². The number of hydrazone groups is 1. The lowest BCUT2D eigenvalue weighted by Gasteiger charge is -2.15. The molecule has 1 aliphatic heterocycles. The molecule has 0 unspecified atom stereocenters. The first-order valence-electron chi connectivity index (χ1n) is 10.8. The number of amides is 2. The molecule has 36 heavy (non-hydrogen) atoms. The van der Waals surface area contributed by atoms with Crippen LogP contribution in [0.3, 0.4) is 0 Å². The van der Waals surface area contributed by atoms with Crippen molar-refractivity contribution in [1.82, 2.24) is 21.4 Å². The molecule has 0 aromatic heterocycles. The van der Waals surface area contributed by atoms with Crippen molar-refractivity contribution in [3.05, 3.63) is 65.7 Å². The average molecular weight is 519 g/mol. The van der Waals surface area contributed by atoms with E-state index < -0.39 is 24.0 Å². The number of nitrogens with one attached hydrogen (secondary N) is 4. The van der Waals surface area contributed by atoms with Gasteiger partial charge in [-0.2, -0.15) is 5.10 Å². The molecule has 3 rings (SSSR count). The Morgan fingerprint density at radius 3 is 2.56 bits per heavy atom. The number of aliphatic carboxylic acids is 1. The number of guanidine groups is 1. The van der Waals surface area contributed by atoms with Crippen LogP contribution in [0.2, 0.25) is 0 Å². The fraction of sp³-hybridized carbons (Fsp3) is 0.261. The Bertz CT molecular complexity index is 1060. The Morgan fingerprint density at radius 1 is 1.14 bits per heavy atom. The summed E-state index contributed by atoms with van der Waals surface area (Å²) in [5, 5.41) is 21.0. The van der Waals surface area contributed by atoms with Crippen LogP contribution in [0.4, 0.5) is 4.79 Å². The van der Waals surface area contributed by atoms with E-state index in [1.54, 1.807) is 36.4 Å². The molecule has 5 N–H and O–H groups in total. The topological polar surface area (TPSA) is 163 Å². The number of carboxylic acids is 1. The first-order chi connectivity index (χ1) is 17.0. The normalized spacial score (nSPS) is 12.9. The highest BCUT2D eigenvalue weighted by atomic mass is 35.5. The van der Waals surface area contributed by atoms with Crippen molar-refractivity contribution in [3.63, 3.8) is 0 Å². The first-order valence-corrected chi connectivity index (χ1v) is 10.8. The minimum Gasteiger partial charge on any atom is -0.488 e. The van der Waals surface area contributed by atoms with E-state index in [2.05, 4.69) is 31.5 Å². The van der Waals surface area contributed by atoms with E-state index in [0.29, 0.717) is 23.8 Å². The molecule has 0 spiro atoms. The van der Waals surface area contributed by atoms with Gasteiger partial charge in [-0.3, -0.25) is 4.79 Å². The summed E-state index contributed by atoms with van der Waals surface area (Å²) in [4.78, 5) is 39.9. The number of alkyl carbamates (subject to hydrolysis) is 1. The predicted octanol–water partition coefficient (Wildman–Crippen LogP) is 1.13. The van der Waals surface area contributed by atoms with Gasteiger partial charge in [-0.1, -0.05) is 30.3 Å². The largest absolute Gasteiger partial charge is 0.488 e. The summed E-state index contributed by atoms with van der Waals surface area (Å²) in [5.41, 5.74) is 3.81. The van der Waals surface area contributed by atoms with Gasteiger partial charge in [0.1, 0.15) is 25.0 Å². The number of carboxylic acid groups (broad SMARTS) is 1. The van der Waals surface area contributed by atoms with Crippen molar-refractivity contribution in [1.29, 1.82) is 0 Å². The summed E-state index contributed by atoms with van der Waals surface area (Å²) in [6.45, 7) is 1.37. The molecular weight excluding hydrogens is 492 g/mol. The van der Waals surface area contributed by atoms with Gasteiger partial charge in [0.25, 0.3) is 5.91 Å². The molecule has 0 radical (unpaired) electrons. The number of ether oxygens (including phenoxy) is 2. The summed E-state index contributed by atoms with van der Waals surface area (Å²) >= 11 is 0. The van der Waals surface area contributed by atoms with E-state index in [0.717, 1.165) is 12.1 Å². The number of carbonyl (C=O) groups excluding carboxylic acids is 2. The van der Waals surface area contributed by atoms with Crippen LogP contribution in [0.5, 0.6) is 5.75 Å². The van der Waals surface area contributed by atoms with Crippen LogP contribution in [-0.4, -0.2) is 67.5 Å². The molecule has 2 aromatic rings. The monoisotopic (exact) mass is 518 g/mol. The minimum absolute atomic E-state index is 0. The molecule has 12 nitrogen and oxygen atoms in total. The lowest BCUT2D eigenvalue weighted by Crippen LogP contribution is -2.48. The van der Waals surface area contributed by atoms with Crippen LogP contribution in [0.1, 0.15) is 15.9 Å². The van der Waals surface area contributed by atoms with Crippen molar-refractivity contribution in [3.8, 4) is 5.75 Å². The maximum absolute atomic E-state index is 12.4. The van der Waals surface area contributed by atoms with E-state index in [1.165, 1.54) is 18.3 Å². The molecule has 1 heterocycles. The van der Waals surface area contributed by atoms with E-state index >= 15 is 0 Å². The fourth-order valence-corrected chi connectivity index (χ4v) is 2.86.